The van der Waals surface area contributed by atoms with Gasteiger partial charge in [0.1, 0.15) is 5.75 Å². The Kier molecular flexibility index (Phi) is 3.23. The topological polar surface area (TPSA) is 44.5 Å². The fourth-order valence-corrected chi connectivity index (χ4v) is 1.89. The van der Waals surface area contributed by atoms with Gasteiger partial charge in [-0.15, -0.1) is 0 Å². The van der Waals surface area contributed by atoms with Crippen LogP contribution in [0.15, 0.2) is 18.2 Å². The Hall–Kier alpha value is -1.06. The van der Waals surface area contributed by atoms with Gasteiger partial charge in [-0.1, -0.05) is 12.1 Å². The van der Waals surface area contributed by atoms with Crippen molar-refractivity contribution in [1.29, 1.82) is 0 Å². The Balaban J connectivity index is 2.20. The highest BCUT2D eigenvalue weighted by Gasteiger charge is 2.13. The second kappa shape index (κ2) is 4.64. The molecule has 1 aromatic carbocycles. The van der Waals surface area contributed by atoms with Crippen LogP contribution in [-0.2, 0) is 11.2 Å². The van der Waals surface area contributed by atoms with Crippen LogP contribution in [0.1, 0.15) is 23.6 Å². The maximum absolute atomic E-state index is 5.97. The summed E-state index contributed by atoms with van der Waals surface area (Å²) in [7, 11) is 1.67. The van der Waals surface area contributed by atoms with E-state index in [2.05, 4.69) is 6.07 Å². The Labute approximate surface area is 90.2 Å². The third kappa shape index (κ3) is 2.30. The van der Waals surface area contributed by atoms with E-state index in [4.69, 9.17) is 15.2 Å². The molecule has 82 valence electrons. The molecule has 0 aromatic heterocycles. The summed E-state index contributed by atoms with van der Waals surface area (Å²) in [6.45, 7) is 1.39. The van der Waals surface area contributed by atoms with Crippen molar-refractivity contribution in [2.24, 2.45) is 5.73 Å². The number of aryl methyl sites for hydroxylation is 1. The van der Waals surface area contributed by atoms with E-state index in [1.54, 1.807) is 7.11 Å². The van der Waals surface area contributed by atoms with Gasteiger partial charge in [-0.2, -0.15) is 0 Å². The molecule has 0 radical (unpaired) electrons. The SMILES string of the molecule is COCC(N)c1ccc2c(c1)CCCO2. The van der Waals surface area contributed by atoms with E-state index in [-0.39, 0.29) is 6.04 Å². The number of hydrogen-bond donors (Lipinski definition) is 1. The molecule has 3 heteroatoms. The standard InChI is InChI=1S/C12H17NO2/c1-14-8-11(13)9-4-5-12-10(7-9)3-2-6-15-12/h4-5,7,11H,2-3,6,8,13H2,1H3. The first-order valence-corrected chi connectivity index (χ1v) is 5.31. The van der Waals surface area contributed by atoms with E-state index < -0.39 is 0 Å². The summed E-state index contributed by atoms with van der Waals surface area (Å²) in [5, 5.41) is 0. The molecule has 1 aliphatic heterocycles. The smallest absolute Gasteiger partial charge is 0.122 e. The van der Waals surface area contributed by atoms with Gasteiger partial charge in [0.15, 0.2) is 0 Å². The summed E-state index contributed by atoms with van der Waals surface area (Å²) in [4.78, 5) is 0. The first kappa shape index (κ1) is 10.5. The average molecular weight is 207 g/mol. The lowest BCUT2D eigenvalue weighted by Gasteiger charge is -2.19. The zero-order valence-corrected chi connectivity index (χ0v) is 9.03. The van der Waals surface area contributed by atoms with Crippen molar-refractivity contribution in [2.45, 2.75) is 18.9 Å². The quantitative estimate of drug-likeness (QED) is 0.819. The summed E-state index contributed by atoms with van der Waals surface area (Å²) in [6, 6.07) is 6.13. The van der Waals surface area contributed by atoms with E-state index >= 15 is 0 Å². The van der Waals surface area contributed by atoms with Crippen molar-refractivity contribution >= 4 is 0 Å². The van der Waals surface area contributed by atoms with Crippen LogP contribution in [-0.4, -0.2) is 20.3 Å². The highest BCUT2D eigenvalue weighted by Crippen LogP contribution is 2.27. The molecule has 0 saturated carbocycles. The number of nitrogens with two attached hydrogens (primary N) is 1. The second-order valence-corrected chi connectivity index (χ2v) is 3.88. The van der Waals surface area contributed by atoms with Gasteiger partial charge in [-0.25, -0.2) is 0 Å². The molecule has 1 unspecified atom stereocenters. The molecule has 1 heterocycles. The maximum atomic E-state index is 5.97. The van der Waals surface area contributed by atoms with Gasteiger partial charge in [0.25, 0.3) is 0 Å². The summed E-state index contributed by atoms with van der Waals surface area (Å²) in [6.07, 6.45) is 2.18. The molecule has 0 amide bonds. The molecule has 2 N–H and O–H groups in total. The van der Waals surface area contributed by atoms with Crippen LogP contribution in [0.2, 0.25) is 0 Å². The molecule has 1 aromatic rings. The van der Waals surface area contributed by atoms with E-state index in [1.165, 1.54) is 5.56 Å². The van der Waals surface area contributed by atoms with Gasteiger partial charge in [0.05, 0.1) is 19.3 Å². The number of rotatable bonds is 3. The Morgan fingerprint density at radius 2 is 2.40 bits per heavy atom. The Morgan fingerprint density at radius 3 is 3.20 bits per heavy atom. The van der Waals surface area contributed by atoms with Crippen molar-refractivity contribution in [1.82, 2.24) is 0 Å². The molecular formula is C12H17NO2. The average Bonchev–Trinajstić information content (AvgIpc) is 2.29. The minimum absolute atomic E-state index is 0.0396. The van der Waals surface area contributed by atoms with E-state index in [0.717, 1.165) is 30.8 Å². The minimum Gasteiger partial charge on any atom is -0.493 e. The molecule has 1 aliphatic rings. The van der Waals surface area contributed by atoms with Crippen molar-refractivity contribution < 1.29 is 9.47 Å². The van der Waals surface area contributed by atoms with E-state index in [1.807, 2.05) is 12.1 Å². The van der Waals surface area contributed by atoms with Gasteiger partial charge in [0, 0.05) is 7.11 Å². The second-order valence-electron chi connectivity index (χ2n) is 3.88. The fourth-order valence-electron chi connectivity index (χ4n) is 1.89. The third-order valence-corrected chi connectivity index (χ3v) is 2.71. The summed E-state index contributed by atoms with van der Waals surface area (Å²) in [5.41, 5.74) is 8.37. The van der Waals surface area contributed by atoms with Crippen LogP contribution in [0.5, 0.6) is 5.75 Å². The number of hydrogen-bond acceptors (Lipinski definition) is 3. The van der Waals surface area contributed by atoms with Crippen LogP contribution in [0.4, 0.5) is 0 Å². The lowest BCUT2D eigenvalue weighted by Crippen LogP contribution is -2.17. The zero-order chi connectivity index (χ0) is 10.7. The normalized spacial score (nSPS) is 16.7. The molecule has 3 nitrogen and oxygen atoms in total. The first-order chi connectivity index (χ1) is 7.31. The number of ether oxygens (including phenoxy) is 2. The fraction of sp³-hybridized carbons (Fsp3) is 0.500. The van der Waals surface area contributed by atoms with Crippen molar-refractivity contribution in [3.8, 4) is 5.75 Å². The molecule has 0 spiro atoms. The van der Waals surface area contributed by atoms with Crippen molar-refractivity contribution in [3.05, 3.63) is 29.3 Å². The molecule has 2 rings (SSSR count). The van der Waals surface area contributed by atoms with Crippen LogP contribution in [0.25, 0.3) is 0 Å². The maximum Gasteiger partial charge on any atom is 0.122 e. The lowest BCUT2D eigenvalue weighted by atomic mass is 10.00. The van der Waals surface area contributed by atoms with Crippen LogP contribution >= 0.6 is 0 Å². The molecule has 0 bridgehead atoms. The zero-order valence-electron chi connectivity index (χ0n) is 9.03. The number of benzene rings is 1. The summed E-state index contributed by atoms with van der Waals surface area (Å²) < 4.78 is 10.6. The highest BCUT2D eigenvalue weighted by atomic mass is 16.5. The van der Waals surface area contributed by atoms with Crippen molar-refractivity contribution in [2.75, 3.05) is 20.3 Å². The van der Waals surface area contributed by atoms with Gasteiger partial charge in [-0.3, -0.25) is 0 Å². The van der Waals surface area contributed by atoms with Crippen LogP contribution in [0, 0.1) is 0 Å². The van der Waals surface area contributed by atoms with Gasteiger partial charge >= 0.3 is 0 Å². The van der Waals surface area contributed by atoms with Crippen molar-refractivity contribution in [3.63, 3.8) is 0 Å². The van der Waals surface area contributed by atoms with E-state index in [9.17, 15) is 0 Å². The highest BCUT2D eigenvalue weighted by molar-refractivity contribution is 5.39. The molecular weight excluding hydrogens is 190 g/mol. The van der Waals surface area contributed by atoms with Gasteiger partial charge < -0.3 is 15.2 Å². The number of methoxy groups -OCH3 is 1. The molecule has 1 atom stereocenters. The minimum atomic E-state index is -0.0396. The lowest BCUT2D eigenvalue weighted by molar-refractivity contribution is 0.181. The number of fused-ring (bicyclic) bond motifs is 1. The summed E-state index contributed by atoms with van der Waals surface area (Å²) >= 11 is 0. The Bertz CT molecular complexity index is 338. The monoisotopic (exact) mass is 207 g/mol. The van der Waals surface area contributed by atoms with Gasteiger partial charge in [0.2, 0.25) is 0 Å². The largest absolute Gasteiger partial charge is 0.493 e. The third-order valence-electron chi connectivity index (χ3n) is 2.71. The molecule has 0 aliphatic carbocycles. The van der Waals surface area contributed by atoms with E-state index in [0.29, 0.717) is 6.61 Å². The van der Waals surface area contributed by atoms with Crippen LogP contribution in [0.3, 0.4) is 0 Å². The summed E-state index contributed by atoms with van der Waals surface area (Å²) in [5.74, 6) is 1.01. The predicted octanol–water partition coefficient (Wildman–Crippen LogP) is 1.66. The molecule has 15 heavy (non-hydrogen) atoms. The molecule has 0 fully saturated rings. The van der Waals surface area contributed by atoms with Gasteiger partial charge in [-0.05, 0) is 30.0 Å². The molecule has 0 saturated heterocycles. The first-order valence-electron chi connectivity index (χ1n) is 5.31. The Morgan fingerprint density at radius 1 is 1.53 bits per heavy atom. The predicted molar refractivity (Wildman–Crippen MR) is 59.1 cm³/mol. The van der Waals surface area contributed by atoms with Crippen LogP contribution < -0.4 is 10.5 Å².